The van der Waals surface area contributed by atoms with Crippen LogP contribution in [0, 0.1) is 0 Å². The highest BCUT2D eigenvalue weighted by Gasteiger charge is 2.31. The highest BCUT2D eigenvalue weighted by atomic mass is 35.5. The largest absolute Gasteiger partial charge is 0.467 e. The second-order valence-electron chi connectivity index (χ2n) is 4.56. The molecule has 1 atom stereocenters. The second kappa shape index (κ2) is 5.84. The van der Waals surface area contributed by atoms with Gasteiger partial charge in [-0.05, 0) is 35.9 Å². The number of carbonyl (C=O) groups excluding carboxylic acids is 1. The molecule has 6 heteroatoms. The molecule has 2 aromatic rings. The number of alkyl halides is 1. The van der Waals surface area contributed by atoms with Crippen molar-refractivity contribution < 1.29 is 9.21 Å². The van der Waals surface area contributed by atoms with Gasteiger partial charge < -0.3 is 4.42 Å². The number of rotatable bonds is 3. The van der Waals surface area contributed by atoms with Gasteiger partial charge in [0.15, 0.2) is 0 Å². The van der Waals surface area contributed by atoms with Gasteiger partial charge in [0.2, 0.25) is 0 Å². The van der Waals surface area contributed by atoms with Crippen LogP contribution in [0.5, 0.6) is 0 Å². The van der Waals surface area contributed by atoms with Crippen LogP contribution in [0.1, 0.15) is 17.4 Å². The van der Waals surface area contributed by atoms with Gasteiger partial charge in [-0.25, -0.2) is 5.01 Å². The molecule has 1 aromatic heterocycles. The summed E-state index contributed by atoms with van der Waals surface area (Å²) in [5.41, 5.74) is 4.82. The number of benzene rings is 1. The van der Waals surface area contributed by atoms with E-state index < -0.39 is 0 Å². The fourth-order valence-corrected chi connectivity index (χ4v) is 2.46. The zero-order valence-corrected chi connectivity index (χ0v) is 12.4. The van der Waals surface area contributed by atoms with E-state index in [0.717, 1.165) is 11.3 Å². The molecule has 0 unspecified atom stereocenters. The van der Waals surface area contributed by atoms with Crippen LogP contribution in [-0.4, -0.2) is 16.8 Å². The first-order chi connectivity index (χ1) is 10.2. The number of halogens is 2. The molecular weight excluding hydrogens is 311 g/mol. The topological polar surface area (TPSA) is 45.5 Å². The molecule has 4 nitrogen and oxygen atoms in total. The van der Waals surface area contributed by atoms with E-state index in [1.54, 1.807) is 24.5 Å². The van der Waals surface area contributed by atoms with Gasteiger partial charge in [0.1, 0.15) is 17.7 Å². The minimum absolute atomic E-state index is 0.105. The van der Waals surface area contributed by atoms with Crippen LogP contribution < -0.4 is 5.43 Å². The van der Waals surface area contributed by atoms with E-state index in [4.69, 9.17) is 27.6 Å². The van der Waals surface area contributed by atoms with Gasteiger partial charge in [-0.2, -0.15) is 0 Å². The molecule has 0 spiro atoms. The van der Waals surface area contributed by atoms with Crippen LogP contribution in [0.4, 0.5) is 0 Å². The van der Waals surface area contributed by atoms with Crippen molar-refractivity contribution in [2.75, 3.05) is 5.88 Å². The van der Waals surface area contributed by atoms with Crippen molar-refractivity contribution in [1.82, 2.24) is 10.4 Å². The first-order valence-corrected chi connectivity index (χ1v) is 7.26. The molecule has 0 saturated carbocycles. The van der Waals surface area contributed by atoms with Crippen molar-refractivity contribution in [3.63, 3.8) is 0 Å². The number of hydrogen-bond donors (Lipinski definition) is 1. The summed E-state index contributed by atoms with van der Waals surface area (Å²) in [6, 6.07) is 10.6. The lowest BCUT2D eigenvalue weighted by Gasteiger charge is -2.23. The Morgan fingerprint density at radius 1 is 1.29 bits per heavy atom. The minimum Gasteiger partial charge on any atom is -0.467 e. The number of hydrogen-bond acceptors (Lipinski definition) is 3. The standard InChI is InChI=1S/C15H12Cl2N2O2/c16-9-15(20)19-13(14-2-1-7-21-14)8-12(18-19)10-3-5-11(17)6-4-10/h1-8,13,18H,9H2/t13-/m0/s1. The molecule has 1 N–H and O–H groups in total. The zero-order valence-electron chi connectivity index (χ0n) is 10.9. The van der Waals surface area contributed by atoms with Crippen LogP contribution in [0.25, 0.3) is 5.70 Å². The Labute approximate surface area is 131 Å². The smallest absolute Gasteiger partial charge is 0.256 e. The number of carbonyl (C=O) groups is 1. The van der Waals surface area contributed by atoms with E-state index in [1.807, 2.05) is 24.3 Å². The molecule has 1 aliphatic rings. The summed E-state index contributed by atoms with van der Waals surface area (Å²) in [7, 11) is 0. The summed E-state index contributed by atoms with van der Waals surface area (Å²) in [6.45, 7) is 0. The highest BCUT2D eigenvalue weighted by Crippen LogP contribution is 2.31. The molecule has 108 valence electrons. The molecule has 1 aliphatic heterocycles. The molecule has 1 amide bonds. The molecule has 3 rings (SSSR count). The third-order valence-electron chi connectivity index (χ3n) is 3.22. The van der Waals surface area contributed by atoms with Crippen molar-refractivity contribution in [3.8, 4) is 0 Å². The molecule has 0 bridgehead atoms. The third kappa shape index (κ3) is 2.77. The molecular formula is C15H12Cl2N2O2. The van der Waals surface area contributed by atoms with Gasteiger partial charge in [-0.15, -0.1) is 11.6 Å². The van der Waals surface area contributed by atoms with E-state index in [9.17, 15) is 4.79 Å². The normalized spacial score (nSPS) is 17.5. The fourth-order valence-electron chi connectivity index (χ4n) is 2.21. The van der Waals surface area contributed by atoms with Gasteiger partial charge in [0, 0.05) is 5.02 Å². The lowest BCUT2D eigenvalue weighted by Crippen LogP contribution is -2.40. The molecule has 21 heavy (non-hydrogen) atoms. The van der Waals surface area contributed by atoms with Crippen molar-refractivity contribution in [2.24, 2.45) is 0 Å². The van der Waals surface area contributed by atoms with E-state index in [2.05, 4.69) is 5.43 Å². The highest BCUT2D eigenvalue weighted by molar-refractivity contribution is 6.30. The van der Waals surface area contributed by atoms with E-state index in [-0.39, 0.29) is 17.8 Å². The van der Waals surface area contributed by atoms with Crippen molar-refractivity contribution >= 4 is 34.8 Å². The predicted molar refractivity (Wildman–Crippen MR) is 81.6 cm³/mol. The van der Waals surface area contributed by atoms with Crippen LogP contribution in [0.3, 0.4) is 0 Å². The van der Waals surface area contributed by atoms with Gasteiger partial charge in [-0.1, -0.05) is 23.7 Å². The van der Waals surface area contributed by atoms with Crippen molar-refractivity contribution in [1.29, 1.82) is 0 Å². The Morgan fingerprint density at radius 2 is 2.05 bits per heavy atom. The molecule has 1 aromatic carbocycles. The quantitative estimate of drug-likeness (QED) is 0.878. The Balaban J connectivity index is 1.94. The number of nitrogens with zero attached hydrogens (tertiary/aromatic N) is 1. The average Bonchev–Trinajstić information content (AvgIpc) is 3.16. The average molecular weight is 323 g/mol. The van der Waals surface area contributed by atoms with E-state index >= 15 is 0 Å². The minimum atomic E-state index is -0.322. The number of furan rings is 1. The van der Waals surface area contributed by atoms with Crippen molar-refractivity contribution in [2.45, 2.75) is 6.04 Å². The third-order valence-corrected chi connectivity index (χ3v) is 3.70. The van der Waals surface area contributed by atoms with Crippen LogP contribution in [0.15, 0.2) is 53.2 Å². The summed E-state index contributed by atoms with van der Waals surface area (Å²) in [5.74, 6) is 0.342. The molecule has 0 saturated heterocycles. The Kier molecular flexibility index (Phi) is 3.90. The Hall–Kier alpha value is -1.91. The van der Waals surface area contributed by atoms with E-state index in [0.29, 0.717) is 10.8 Å². The Bertz CT molecular complexity index is 665. The van der Waals surface area contributed by atoms with Gasteiger partial charge in [0.05, 0.1) is 12.0 Å². The maximum atomic E-state index is 12.0. The maximum absolute atomic E-state index is 12.0. The first kappa shape index (κ1) is 14.0. The Morgan fingerprint density at radius 3 is 2.67 bits per heavy atom. The fraction of sp³-hybridized carbons (Fsp3) is 0.133. The van der Waals surface area contributed by atoms with Crippen LogP contribution in [-0.2, 0) is 4.79 Å². The van der Waals surface area contributed by atoms with Gasteiger partial charge in [0.25, 0.3) is 5.91 Å². The van der Waals surface area contributed by atoms with Crippen LogP contribution in [0.2, 0.25) is 5.02 Å². The maximum Gasteiger partial charge on any atom is 0.256 e. The predicted octanol–water partition coefficient (Wildman–Crippen LogP) is 3.60. The summed E-state index contributed by atoms with van der Waals surface area (Å²) in [4.78, 5) is 12.0. The second-order valence-corrected chi connectivity index (χ2v) is 5.26. The van der Waals surface area contributed by atoms with Crippen molar-refractivity contribution in [3.05, 3.63) is 65.1 Å². The lowest BCUT2D eigenvalue weighted by molar-refractivity contribution is -0.132. The van der Waals surface area contributed by atoms with Crippen LogP contribution >= 0.6 is 23.2 Å². The summed E-state index contributed by atoms with van der Waals surface area (Å²) in [6.07, 6.45) is 3.50. The molecule has 2 heterocycles. The summed E-state index contributed by atoms with van der Waals surface area (Å²) < 4.78 is 5.40. The van der Waals surface area contributed by atoms with Gasteiger partial charge in [-0.3, -0.25) is 10.2 Å². The monoisotopic (exact) mass is 322 g/mol. The molecule has 0 radical (unpaired) electrons. The summed E-state index contributed by atoms with van der Waals surface area (Å²) in [5, 5.41) is 2.13. The van der Waals surface area contributed by atoms with Gasteiger partial charge >= 0.3 is 0 Å². The number of nitrogens with one attached hydrogen (secondary N) is 1. The molecule has 0 aliphatic carbocycles. The zero-order chi connectivity index (χ0) is 14.8. The number of amides is 1. The first-order valence-electron chi connectivity index (χ1n) is 6.35. The van der Waals surface area contributed by atoms with E-state index in [1.165, 1.54) is 5.01 Å². The molecule has 0 fully saturated rings. The number of hydrazine groups is 1. The lowest BCUT2D eigenvalue weighted by atomic mass is 10.1. The summed E-state index contributed by atoms with van der Waals surface area (Å²) >= 11 is 11.6. The SMILES string of the molecule is O=C(CCl)N1NC(c2ccc(Cl)cc2)=C[C@H]1c1ccco1.